The van der Waals surface area contributed by atoms with Gasteiger partial charge >= 0.3 is 0 Å². The minimum absolute atomic E-state index is 0.344. The summed E-state index contributed by atoms with van der Waals surface area (Å²) in [6.07, 6.45) is 0. The molecule has 1 N–H and O–H groups in total. The van der Waals surface area contributed by atoms with Crippen LogP contribution in [0.4, 0.5) is 5.82 Å². The van der Waals surface area contributed by atoms with E-state index in [4.69, 9.17) is 0 Å². The molecule has 0 spiro atoms. The summed E-state index contributed by atoms with van der Waals surface area (Å²) in [6, 6.07) is 0.344. The summed E-state index contributed by atoms with van der Waals surface area (Å²) in [5.41, 5.74) is 1.06. The molecular formula is C11H17IN4S. The van der Waals surface area contributed by atoms with E-state index < -0.39 is 0 Å². The highest BCUT2D eigenvalue weighted by Crippen LogP contribution is 2.28. The molecule has 1 aromatic rings. The zero-order chi connectivity index (χ0) is 12.4. The summed E-state index contributed by atoms with van der Waals surface area (Å²) in [6.45, 7) is 3.16. The smallest absolute Gasteiger partial charge is 0.149 e. The number of anilines is 1. The Labute approximate surface area is 120 Å². The zero-order valence-corrected chi connectivity index (χ0v) is 13.3. The summed E-state index contributed by atoms with van der Waals surface area (Å²) >= 11 is 4.27. The van der Waals surface area contributed by atoms with E-state index in [0.29, 0.717) is 6.04 Å². The summed E-state index contributed by atoms with van der Waals surface area (Å²) in [5.74, 6) is 4.17. The monoisotopic (exact) mass is 364 g/mol. The number of nitrogens with zero attached hydrogens (tertiary/aromatic N) is 3. The van der Waals surface area contributed by atoms with Crippen LogP contribution in [-0.2, 0) is 0 Å². The summed E-state index contributed by atoms with van der Waals surface area (Å²) in [7, 11) is 4.06. The van der Waals surface area contributed by atoms with Crippen molar-refractivity contribution in [2.75, 3.05) is 37.5 Å². The molecule has 6 heteroatoms. The molecule has 1 atom stereocenters. The van der Waals surface area contributed by atoms with E-state index in [1.54, 1.807) is 0 Å². The minimum atomic E-state index is 0.344. The fraction of sp³-hybridized carbons (Fsp3) is 0.636. The van der Waals surface area contributed by atoms with Gasteiger partial charge in [0.1, 0.15) is 11.6 Å². The van der Waals surface area contributed by atoms with Crippen molar-refractivity contribution < 1.29 is 0 Å². The second kappa shape index (κ2) is 5.71. The van der Waals surface area contributed by atoms with Crippen molar-refractivity contribution in [1.29, 1.82) is 0 Å². The maximum Gasteiger partial charge on any atom is 0.149 e. The van der Waals surface area contributed by atoms with Gasteiger partial charge in [0.2, 0.25) is 0 Å². The largest absolute Gasteiger partial charge is 0.372 e. The number of thioether (sulfide) groups is 1. The van der Waals surface area contributed by atoms with Gasteiger partial charge in [-0.1, -0.05) is 0 Å². The van der Waals surface area contributed by atoms with Crippen LogP contribution in [0.15, 0.2) is 0 Å². The Bertz CT molecular complexity index is 413. The summed E-state index contributed by atoms with van der Waals surface area (Å²) in [4.78, 5) is 11.6. The molecule has 4 nitrogen and oxygen atoms in total. The molecule has 17 heavy (non-hydrogen) atoms. The molecule has 0 saturated carbocycles. The molecule has 1 aliphatic rings. The lowest BCUT2D eigenvalue weighted by atomic mass is 10.2. The van der Waals surface area contributed by atoms with Crippen molar-refractivity contribution >= 4 is 40.2 Å². The normalized spacial score (nSPS) is 21.5. The van der Waals surface area contributed by atoms with Crippen LogP contribution < -0.4 is 5.32 Å². The maximum atomic E-state index is 4.64. The van der Waals surface area contributed by atoms with Gasteiger partial charge in [-0.2, -0.15) is 11.8 Å². The van der Waals surface area contributed by atoms with E-state index in [-0.39, 0.29) is 0 Å². The van der Waals surface area contributed by atoms with Gasteiger partial charge in [0.25, 0.3) is 0 Å². The van der Waals surface area contributed by atoms with Crippen LogP contribution in [0.25, 0.3) is 0 Å². The molecule has 1 aromatic heterocycles. The van der Waals surface area contributed by atoms with Crippen LogP contribution in [0.2, 0.25) is 0 Å². The Hall–Kier alpha value is -0.0800. The molecule has 94 valence electrons. The van der Waals surface area contributed by atoms with Gasteiger partial charge in [-0.3, -0.25) is 4.90 Å². The van der Waals surface area contributed by atoms with Gasteiger partial charge in [0, 0.05) is 25.1 Å². The Morgan fingerprint density at radius 1 is 1.47 bits per heavy atom. The third-order valence-corrected chi connectivity index (χ3v) is 5.28. The SMILES string of the molecule is CNc1nc(C2CSCCN2C)nc(C)c1I. The number of hydrogen-bond donors (Lipinski definition) is 1. The second-order valence-corrected chi connectivity index (χ2v) is 6.38. The summed E-state index contributed by atoms with van der Waals surface area (Å²) in [5, 5.41) is 3.15. The fourth-order valence-corrected chi connectivity index (χ4v) is 3.58. The molecule has 0 amide bonds. The molecule has 1 saturated heterocycles. The van der Waals surface area contributed by atoms with Gasteiger partial charge in [0.15, 0.2) is 0 Å². The molecule has 0 bridgehead atoms. The van der Waals surface area contributed by atoms with Crippen molar-refractivity contribution in [1.82, 2.24) is 14.9 Å². The van der Waals surface area contributed by atoms with Crippen LogP contribution in [0.1, 0.15) is 17.6 Å². The highest BCUT2D eigenvalue weighted by molar-refractivity contribution is 14.1. The first-order valence-corrected chi connectivity index (χ1v) is 7.86. The average Bonchev–Trinajstić information content (AvgIpc) is 2.33. The quantitative estimate of drug-likeness (QED) is 0.815. The lowest BCUT2D eigenvalue weighted by Gasteiger charge is -2.31. The number of hydrogen-bond acceptors (Lipinski definition) is 5. The van der Waals surface area contributed by atoms with E-state index in [2.05, 4.69) is 49.8 Å². The van der Waals surface area contributed by atoms with Crippen molar-refractivity contribution in [3.05, 3.63) is 15.1 Å². The molecule has 0 aromatic carbocycles. The van der Waals surface area contributed by atoms with Gasteiger partial charge in [0.05, 0.1) is 15.3 Å². The number of aryl methyl sites for hydroxylation is 1. The molecule has 1 fully saturated rings. The van der Waals surface area contributed by atoms with Gasteiger partial charge in [-0.15, -0.1) is 0 Å². The number of rotatable bonds is 2. The average molecular weight is 364 g/mol. The van der Waals surface area contributed by atoms with Crippen LogP contribution in [0.5, 0.6) is 0 Å². The van der Waals surface area contributed by atoms with E-state index in [1.165, 1.54) is 5.75 Å². The Morgan fingerprint density at radius 3 is 2.88 bits per heavy atom. The van der Waals surface area contributed by atoms with Crippen molar-refractivity contribution in [3.63, 3.8) is 0 Å². The second-order valence-electron chi connectivity index (χ2n) is 4.15. The Kier molecular flexibility index (Phi) is 4.48. The molecule has 1 unspecified atom stereocenters. The molecule has 2 heterocycles. The fourth-order valence-electron chi connectivity index (χ4n) is 1.85. The predicted molar refractivity (Wildman–Crippen MR) is 81.7 cm³/mol. The highest BCUT2D eigenvalue weighted by Gasteiger charge is 2.24. The lowest BCUT2D eigenvalue weighted by molar-refractivity contribution is 0.264. The van der Waals surface area contributed by atoms with Crippen LogP contribution in [0, 0.1) is 10.5 Å². The lowest BCUT2D eigenvalue weighted by Crippen LogP contribution is -2.34. The third kappa shape index (κ3) is 2.85. The minimum Gasteiger partial charge on any atom is -0.372 e. The molecule has 1 aliphatic heterocycles. The van der Waals surface area contributed by atoms with Crippen LogP contribution in [0.3, 0.4) is 0 Å². The maximum absolute atomic E-state index is 4.64. The van der Waals surface area contributed by atoms with E-state index in [1.807, 2.05) is 25.7 Å². The number of halogens is 1. The zero-order valence-electron chi connectivity index (χ0n) is 10.3. The summed E-state index contributed by atoms with van der Waals surface area (Å²) < 4.78 is 1.11. The number of aromatic nitrogens is 2. The van der Waals surface area contributed by atoms with E-state index >= 15 is 0 Å². The van der Waals surface area contributed by atoms with Crippen molar-refractivity contribution in [3.8, 4) is 0 Å². The van der Waals surface area contributed by atoms with Gasteiger partial charge in [-0.05, 0) is 36.6 Å². The first-order chi connectivity index (χ1) is 8.13. The van der Waals surface area contributed by atoms with Crippen LogP contribution >= 0.6 is 34.4 Å². The first-order valence-electron chi connectivity index (χ1n) is 5.63. The predicted octanol–water partition coefficient (Wildman–Crippen LogP) is 2.15. The molecule has 0 aliphatic carbocycles. The van der Waals surface area contributed by atoms with Gasteiger partial charge < -0.3 is 5.32 Å². The third-order valence-electron chi connectivity index (χ3n) is 2.97. The van der Waals surface area contributed by atoms with Gasteiger partial charge in [-0.25, -0.2) is 9.97 Å². The van der Waals surface area contributed by atoms with Crippen LogP contribution in [-0.4, -0.2) is 47.0 Å². The number of nitrogens with one attached hydrogen (secondary N) is 1. The Morgan fingerprint density at radius 2 is 2.24 bits per heavy atom. The molecular weight excluding hydrogens is 347 g/mol. The van der Waals surface area contributed by atoms with Crippen molar-refractivity contribution in [2.24, 2.45) is 0 Å². The Balaban J connectivity index is 2.34. The molecule has 2 rings (SSSR count). The topological polar surface area (TPSA) is 41.1 Å². The van der Waals surface area contributed by atoms with E-state index in [0.717, 1.165) is 33.2 Å². The van der Waals surface area contributed by atoms with Crippen molar-refractivity contribution in [2.45, 2.75) is 13.0 Å². The highest BCUT2D eigenvalue weighted by atomic mass is 127. The first kappa shape index (κ1) is 13.4. The van der Waals surface area contributed by atoms with E-state index in [9.17, 15) is 0 Å². The molecule has 0 radical (unpaired) electrons. The standard InChI is InChI=1S/C11H17IN4S/c1-7-9(12)11(13-2)15-10(14-7)8-6-17-5-4-16(8)3/h8H,4-6H2,1-3H3,(H,13,14,15).